The minimum atomic E-state index is -0.647. The summed E-state index contributed by atoms with van der Waals surface area (Å²) in [4.78, 5) is 2.35. The van der Waals surface area contributed by atoms with Gasteiger partial charge in [0, 0.05) is 6.17 Å². The summed E-state index contributed by atoms with van der Waals surface area (Å²) >= 11 is 0. The SMILES string of the molecule is CCC[SiH](CN(C)C)N(CC)CC. The van der Waals surface area contributed by atoms with E-state index in [4.69, 9.17) is 0 Å². The summed E-state index contributed by atoms with van der Waals surface area (Å²) in [6, 6.07) is 1.46. The van der Waals surface area contributed by atoms with Crippen molar-refractivity contribution in [3.8, 4) is 0 Å². The molecule has 0 rings (SSSR count). The van der Waals surface area contributed by atoms with Crippen molar-refractivity contribution < 1.29 is 0 Å². The Kier molecular flexibility index (Phi) is 7.61. The van der Waals surface area contributed by atoms with Gasteiger partial charge in [-0.3, -0.25) is 0 Å². The molecule has 0 aliphatic heterocycles. The molecule has 0 radical (unpaired) electrons. The monoisotopic (exact) mass is 202 g/mol. The average Bonchev–Trinajstić information content (AvgIpc) is 2.05. The van der Waals surface area contributed by atoms with Crippen LogP contribution in [0.3, 0.4) is 0 Å². The van der Waals surface area contributed by atoms with E-state index >= 15 is 0 Å². The molecule has 0 heterocycles. The fraction of sp³-hybridized carbons (Fsp3) is 1.00. The fourth-order valence-corrected chi connectivity index (χ4v) is 5.20. The zero-order valence-corrected chi connectivity index (χ0v) is 11.2. The molecule has 0 aliphatic carbocycles. The molecule has 0 spiro atoms. The highest BCUT2D eigenvalue weighted by Crippen LogP contribution is 2.04. The minimum absolute atomic E-state index is 0.647. The van der Waals surface area contributed by atoms with E-state index in [0.717, 1.165) is 0 Å². The van der Waals surface area contributed by atoms with Gasteiger partial charge in [-0.25, -0.2) is 0 Å². The maximum Gasteiger partial charge on any atom is 0.125 e. The molecule has 0 amide bonds. The minimum Gasteiger partial charge on any atom is -0.325 e. The molecule has 3 heteroatoms. The molecule has 0 saturated carbocycles. The van der Waals surface area contributed by atoms with E-state index < -0.39 is 8.96 Å². The fourth-order valence-electron chi connectivity index (χ4n) is 1.88. The second kappa shape index (κ2) is 7.53. The van der Waals surface area contributed by atoms with Crippen molar-refractivity contribution in [3.05, 3.63) is 0 Å². The van der Waals surface area contributed by atoms with Crippen LogP contribution in [-0.2, 0) is 0 Å². The van der Waals surface area contributed by atoms with Crippen LogP contribution in [0, 0.1) is 0 Å². The quantitative estimate of drug-likeness (QED) is 0.578. The van der Waals surface area contributed by atoms with Crippen LogP contribution >= 0.6 is 0 Å². The Morgan fingerprint density at radius 2 is 1.54 bits per heavy atom. The normalized spacial score (nSPS) is 14.1. The van der Waals surface area contributed by atoms with E-state index in [2.05, 4.69) is 44.3 Å². The predicted molar refractivity (Wildman–Crippen MR) is 63.7 cm³/mol. The summed E-state index contributed by atoms with van der Waals surface area (Å²) in [7, 11) is 3.74. The zero-order chi connectivity index (χ0) is 10.3. The second-order valence-electron chi connectivity index (χ2n) is 3.93. The maximum absolute atomic E-state index is 2.70. The number of hydrogen-bond donors (Lipinski definition) is 0. The van der Waals surface area contributed by atoms with Gasteiger partial charge in [-0.1, -0.05) is 27.2 Å². The van der Waals surface area contributed by atoms with Crippen LogP contribution in [0.2, 0.25) is 6.04 Å². The number of hydrogen-bond acceptors (Lipinski definition) is 2. The van der Waals surface area contributed by atoms with Gasteiger partial charge in [0.15, 0.2) is 0 Å². The first kappa shape index (κ1) is 13.1. The Labute approximate surface area is 85.6 Å². The molecule has 0 N–H and O–H groups in total. The van der Waals surface area contributed by atoms with E-state index in [1.807, 2.05) is 0 Å². The van der Waals surface area contributed by atoms with Crippen molar-refractivity contribution in [2.24, 2.45) is 0 Å². The average molecular weight is 202 g/mol. The highest BCUT2D eigenvalue weighted by molar-refractivity contribution is 6.55. The van der Waals surface area contributed by atoms with Gasteiger partial charge in [-0.15, -0.1) is 0 Å². The lowest BCUT2D eigenvalue weighted by Crippen LogP contribution is -2.46. The first-order chi connectivity index (χ1) is 6.15. The van der Waals surface area contributed by atoms with Gasteiger partial charge in [0.1, 0.15) is 8.96 Å². The van der Waals surface area contributed by atoms with E-state index in [9.17, 15) is 0 Å². The molecular formula is C10H26N2Si. The third-order valence-electron chi connectivity index (χ3n) is 2.53. The Bertz CT molecular complexity index is 113. The number of rotatable bonds is 7. The topological polar surface area (TPSA) is 6.48 Å². The number of nitrogens with zero attached hydrogens (tertiary/aromatic N) is 2. The molecule has 0 aliphatic rings. The van der Waals surface area contributed by atoms with Crippen LogP contribution in [0.15, 0.2) is 0 Å². The van der Waals surface area contributed by atoms with Crippen molar-refractivity contribution >= 4 is 8.96 Å². The molecule has 2 nitrogen and oxygen atoms in total. The Hall–Kier alpha value is 0.137. The molecule has 80 valence electrons. The summed E-state index contributed by atoms with van der Waals surface area (Å²) in [5.74, 6) is 0. The maximum atomic E-state index is 2.70. The lowest BCUT2D eigenvalue weighted by Gasteiger charge is -2.30. The summed E-state index contributed by atoms with van der Waals surface area (Å²) in [5.41, 5.74) is 0. The molecule has 0 aromatic carbocycles. The lowest BCUT2D eigenvalue weighted by atomic mass is 10.6. The molecule has 13 heavy (non-hydrogen) atoms. The third-order valence-corrected chi connectivity index (χ3v) is 6.69. The van der Waals surface area contributed by atoms with E-state index in [1.54, 1.807) is 0 Å². The van der Waals surface area contributed by atoms with Gasteiger partial charge in [0.05, 0.1) is 0 Å². The van der Waals surface area contributed by atoms with Crippen LogP contribution in [0.25, 0.3) is 0 Å². The molecule has 0 aromatic rings. The van der Waals surface area contributed by atoms with Gasteiger partial charge in [-0.05, 0) is 33.2 Å². The third kappa shape index (κ3) is 5.44. The Balaban J connectivity index is 4.03. The molecule has 0 bridgehead atoms. The van der Waals surface area contributed by atoms with Gasteiger partial charge < -0.3 is 9.47 Å². The first-order valence-corrected chi connectivity index (χ1v) is 7.69. The Morgan fingerprint density at radius 1 is 1.00 bits per heavy atom. The first-order valence-electron chi connectivity index (χ1n) is 5.54. The van der Waals surface area contributed by atoms with Gasteiger partial charge in [-0.2, -0.15) is 0 Å². The predicted octanol–water partition coefficient (Wildman–Crippen LogP) is 1.56. The van der Waals surface area contributed by atoms with Crippen molar-refractivity contribution in [1.82, 2.24) is 9.47 Å². The van der Waals surface area contributed by atoms with Gasteiger partial charge in [0.2, 0.25) is 0 Å². The lowest BCUT2D eigenvalue weighted by molar-refractivity contribution is 0.420. The molecule has 0 aromatic heterocycles. The Morgan fingerprint density at radius 3 is 1.85 bits per heavy atom. The van der Waals surface area contributed by atoms with Crippen LogP contribution in [0.5, 0.6) is 0 Å². The van der Waals surface area contributed by atoms with Crippen molar-refractivity contribution in [2.45, 2.75) is 33.2 Å². The van der Waals surface area contributed by atoms with Crippen molar-refractivity contribution in [1.29, 1.82) is 0 Å². The summed E-state index contributed by atoms with van der Waals surface area (Å²) in [6.07, 6.45) is 2.68. The molecule has 0 fully saturated rings. The zero-order valence-electron chi connectivity index (χ0n) is 10.0. The van der Waals surface area contributed by atoms with E-state index in [1.165, 1.54) is 31.7 Å². The summed E-state index contributed by atoms with van der Waals surface area (Å²) in [5, 5.41) is 0. The van der Waals surface area contributed by atoms with Crippen LogP contribution < -0.4 is 0 Å². The van der Waals surface area contributed by atoms with E-state index in [0.29, 0.717) is 0 Å². The molecule has 1 atom stereocenters. The van der Waals surface area contributed by atoms with Crippen LogP contribution in [0.1, 0.15) is 27.2 Å². The van der Waals surface area contributed by atoms with Crippen LogP contribution in [0.4, 0.5) is 0 Å². The largest absolute Gasteiger partial charge is 0.325 e. The molecular weight excluding hydrogens is 176 g/mol. The molecule has 1 unspecified atom stereocenters. The van der Waals surface area contributed by atoms with Gasteiger partial charge in [0.25, 0.3) is 0 Å². The summed E-state index contributed by atoms with van der Waals surface area (Å²) < 4.78 is 2.70. The van der Waals surface area contributed by atoms with Gasteiger partial charge >= 0.3 is 0 Å². The highest BCUT2D eigenvalue weighted by atomic mass is 28.3. The molecule has 0 saturated heterocycles. The smallest absolute Gasteiger partial charge is 0.125 e. The van der Waals surface area contributed by atoms with Crippen molar-refractivity contribution in [2.75, 3.05) is 33.4 Å². The summed E-state index contributed by atoms with van der Waals surface area (Å²) in [6.45, 7) is 9.35. The highest BCUT2D eigenvalue weighted by Gasteiger charge is 2.16. The second-order valence-corrected chi connectivity index (χ2v) is 6.91. The van der Waals surface area contributed by atoms with E-state index in [-0.39, 0.29) is 0 Å². The van der Waals surface area contributed by atoms with Crippen LogP contribution in [-0.4, -0.2) is 51.8 Å². The van der Waals surface area contributed by atoms with Crippen molar-refractivity contribution in [3.63, 3.8) is 0 Å². The standard InChI is InChI=1S/C10H26N2Si/c1-6-9-13(10-11(4)5)12(7-2)8-3/h13H,6-10H2,1-5H3.